The fourth-order valence-corrected chi connectivity index (χ4v) is 4.55. The van der Waals surface area contributed by atoms with Crippen LogP contribution in [0.1, 0.15) is 43.9 Å². The molecule has 206 valence electrons. The summed E-state index contributed by atoms with van der Waals surface area (Å²) in [5.74, 6) is -0.540. The molecule has 0 bridgehead atoms. The molecule has 10 nitrogen and oxygen atoms in total. The van der Waals surface area contributed by atoms with Crippen LogP contribution in [0.15, 0.2) is 56.5 Å². The lowest BCUT2D eigenvalue weighted by atomic mass is 10.1. The molecule has 12 heteroatoms. The van der Waals surface area contributed by atoms with Crippen LogP contribution in [-0.4, -0.2) is 25.2 Å². The maximum Gasteiger partial charge on any atom is 0.341 e. The van der Waals surface area contributed by atoms with Gasteiger partial charge in [-0.2, -0.15) is 13.5 Å². The highest BCUT2D eigenvalue weighted by molar-refractivity contribution is 7.90. The third-order valence-electron chi connectivity index (χ3n) is 6.13. The molecule has 2 aromatic carbocycles. The van der Waals surface area contributed by atoms with E-state index in [1.165, 1.54) is 36.9 Å². The summed E-state index contributed by atoms with van der Waals surface area (Å²) in [7, 11) is -2.51. The van der Waals surface area contributed by atoms with E-state index in [9.17, 15) is 22.4 Å². The Bertz CT molecular complexity index is 1780. The van der Waals surface area contributed by atoms with Crippen LogP contribution in [0.5, 0.6) is 0 Å². The van der Waals surface area contributed by atoms with Crippen LogP contribution >= 0.6 is 0 Å². The molecule has 1 fully saturated rings. The van der Waals surface area contributed by atoms with E-state index in [1.54, 1.807) is 31.2 Å². The molecule has 0 unspecified atom stereocenters. The van der Waals surface area contributed by atoms with Crippen molar-refractivity contribution in [1.29, 1.82) is 0 Å². The molecule has 2 aromatic heterocycles. The molecule has 2 heterocycles. The number of halogens is 1. The molecule has 4 aromatic rings. The van der Waals surface area contributed by atoms with Crippen LogP contribution in [0, 0.1) is 19.7 Å². The minimum Gasteiger partial charge on any atom is -0.420 e. The molecule has 1 aliphatic rings. The molecular formula is C27H30FN5O5S. The number of aryl methyl sites for hydroxylation is 1. The third kappa shape index (κ3) is 5.71. The Morgan fingerprint density at radius 2 is 1.79 bits per heavy atom. The second kappa shape index (κ2) is 11.0. The van der Waals surface area contributed by atoms with E-state index in [1.807, 2.05) is 13.8 Å². The van der Waals surface area contributed by atoms with Gasteiger partial charge in [0.15, 0.2) is 5.58 Å². The van der Waals surface area contributed by atoms with Crippen molar-refractivity contribution in [3.05, 3.63) is 80.2 Å². The summed E-state index contributed by atoms with van der Waals surface area (Å²) in [6.45, 7) is 7.25. The first-order valence-electron chi connectivity index (χ1n) is 12.5. The highest BCUT2D eigenvalue weighted by atomic mass is 32.2. The van der Waals surface area contributed by atoms with Gasteiger partial charge in [-0.25, -0.2) is 18.6 Å². The van der Waals surface area contributed by atoms with Crippen LogP contribution in [-0.2, 0) is 10.2 Å². The molecule has 1 aliphatic carbocycles. The number of rotatable bonds is 7. The van der Waals surface area contributed by atoms with Crippen LogP contribution in [0.2, 0.25) is 0 Å². The zero-order valence-corrected chi connectivity index (χ0v) is 23.1. The molecule has 0 radical (unpaired) electrons. The van der Waals surface area contributed by atoms with E-state index >= 15 is 0 Å². The third-order valence-corrected chi connectivity index (χ3v) is 7.17. The quantitative estimate of drug-likeness (QED) is 0.299. The number of nitrogens with one attached hydrogen (secondary N) is 3. The zero-order chi connectivity index (χ0) is 28.5. The molecule has 0 spiro atoms. The van der Waals surface area contributed by atoms with Crippen molar-refractivity contribution < 1.29 is 17.2 Å². The molecular weight excluding hydrogens is 525 g/mol. The van der Waals surface area contributed by atoms with Crippen molar-refractivity contribution in [3.8, 4) is 11.3 Å². The van der Waals surface area contributed by atoms with Gasteiger partial charge in [0.1, 0.15) is 16.9 Å². The van der Waals surface area contributed by atoms with Gasteiger partial charge < -0.3 is 9.73 Å². The average Bonchev–Trinajstić information content (AvgIpc) is 3.75. The minimum atomic E-state index is -3.79. The van der Waals surface area contributed by atoms with E-state index in [0.29, 0.717) is 11.1 Å². The van der Waals surface area contributed by atoms with Gasteiger partial charge in [0.05, 0.1) is 28.7 Å². The smallest absolute Gasteiger partial charge is 0.341 e. The molecule has 3 N–H and O–H groups in total. The Balaban J connectivity index is 0.00000172. The van der Waals surface area contributed by atoms with Gasteiger partial charge in [-0.1, -0.05) is 32.0 Å². The van der Waals surface area contributed by atoms with Crippen LogP contribution in [0.25, 0.3) is 22.2 Å². The molecule has 0 amide bonds. The molecule has 39 heavy (non-hydrogen) atoms. The van der Waals surface area contributed by atoms with Crippen molar-refractivity contribution in [2.45, 2.75) is 46.6 Å². The molecule has 1 saturated carbocycles. The maximum atomic E-state index is 14.7. The number of hydrogen-bond acceptors (Lipinski definition) is 7. The molecule has 0 atom stereocenters. The van der Waals surface area contributed by atoms with E-state index < -0.39 is 27.2 Å². The summed E-state index contributed by atoms with van der Waals surface area (Å²) in [5, 5.41) is 7.50. The van der Waals surface area contributed by atoms with Crippen LogP contribution in [0.3, 0.4) is 0 Å². The SMILES string of the molecule is CC.CNS(=O)(=O)Nc1cccc(-c2nn(C3CC3)c(=O)c3c(Nc4ccc(C)cc4F)c(C)c(=O)oc23)c1. The largest absolute Gasteiger partial charge is 0.420 e. The number of aromatic nitrogens is 2. The monoisotopic (exact) mass is 555 g/mol. The number of fused-ring (bicyclic) bond motifs is 1. The first-order valence-corrected chi connectivity index (χ1v) is 14.0. The fourth-order valence-electron chi connectivity index (χ4n) is 4.01. The summed E-state index contributed by atoms with van der Waals surface area (Å²) in [5.41, 5.74) is 0.599. The van der Waals surface area contributed by atoms with E-state index in [0.717, 1.165) is 12.8 Å². The van der Waals surface area contributed by atoms with Gasteiger partial charge >= 0.3 is 5.63 Å². The van der Waals surface area contributed by atoms with E-state index in [-0.39, 0.29) is 45.3 Å². The van der Waals surface area contributed by atoms with E-state index in [2.05, 4.69) is 19.9 Å². The first-order chi connectivity index (χ1) is 18.6. The number of hydrogen-bond donors (Lipinski definition) is 3. The number of anilines is 3. The van der Waals surface area contributed by atoms with Crippen LogP contribution in [0.4, 0.5) is 21.5 Å². The van der Waals surface area contributed by atoms with Gasteiger partial charge in [-0.05, 0) is 56.5 Å². The second-order valence-corrected chi connectivity index (χ2v) is 10.5. The molecule has 0 aliphatic heterocycles. The number of benzene rings is 2. The van der Waals surface area contributed by atoms with Gasteiger partial charge in [0.25, 0.3) is 15.8 Å². The Kier molecular flexibility index (Phi) is 7.89. The Hall–Kier alpha value is -4.03. The van der Waals surface area contributed by atoms with Gasteiger partial charge in [0, 0.05) is 12.6 Å². The standard InChI is InChI=1S/C25H24FN5O5S.C2H6/c1-13-7-10-19(18(26)11-13)28-21-14(2)25(33)36-23-20(21)24(32)31(17-8-9-17)29-22(23)15-5-4-6-16(12-15)30-37(34,35)27-3;1-2/h4-7,10-12,17,27-28,30H,8-9H2,1-3H3;1-2H3. The first kappa shape index (κ1) is 28.0. The predicted molar refractivity (Wildman–Crippen MR) is 150 cm³/mol. The normalized spacial score (nSPS) is 13.1. The Labute approximate surface area is 225 Å². The summed E-state index contributed by atoms with van der Waals surface area (Å²) < 4.78 is 50.2. The van der Waals surface area contributed by atoms with Gasteiger partial charge in [-0.3, -0.25) is 9.52 Å². The predicted octanol–water partition coefficient (Wildman–Crippen LogP) is 4.75. The van der Waals surface area contributed by atoms with Crippen molar-refractivity contribution in [3.63, 3.8) is 0 Å². The Morgan fingerprint density at radius 3 is 2.44 bits per heavy atom. The van der Waals surface area contributed by atoms with Crippen molar-refractivity contribution >= 4 is 38.2 Å². The zero-order valence-electron chi connectivity index (χ0n) is 22.3. The highest BCUT2D eigenvalue weighted by Crippen LogP contribution is 2.37. The summed E-state index contributed by atoms with van der Waals surface area (Å²) >= 11 is 0. The Morgan fingerprint density at radius 1 is 1.08 bits per heavy atom. The molecule has 0 saturated heterocycles. The lowest BCUT2D eigenvalue weighted by molar-refractivity contribution is 0.543. The van der Waals surface area contributed by atoms with Crippen molar-refractivity contribution in [2.75, 3.05) is 17.1 Å². The fraction of sp³-hybridized carbons (Fsp3) is 0.296. The van der Waals surface area contributed by atoms with E-state index in [4.69, 9.17) is 4.42 Å². The topological polar surface area (TPSA) is 135 Å². The van der Waals surface area contributed by atoms with Gasteiger partial charge in [0.2, 0.25) is 0 Å². The summed E-state index contributed by atoms with van der Waals surface area (Å²) in [4.78, 5) is 26.5. The molecule has 5 rings (SSSR count). The highest BCUT2D eigenvalue weighted by Gasteiger charge is 2.30. The lowest BCUT2D eigenvalue weighted by Crippen LogP contribution is -2.26. The van der Waals surface area contributed by atoms with Gasteiger partial charge in [-0.15, -0.1) is 0 Å². The average molecular weight is 556 g/mol. The van der Waals surface area contributed by atoms with Crippen molar-refractivity contribution in [2.24, 2.45) is 0 Å². The summed E-state index contributed by atoms with van der Waals surface area (Å²) in [6.07, 6.45) is 1.51. The maximum absolute atomic E-state index is 14.7. The minimum absolute atomic E-state index is 0.0511. The van der Waals surface area contributed by atoms with Crippen molar-refractivity contribution in [1.82, 2.24) is 14.5 Å². The van der Waals surface area contributed by atoms with Crippen LogP contribution < -0.4 is 25.9 Å². The second-order valence-electron chi connectivity index (χ2n) is 8.92. The summed E-state index contributed by atoms with van der Waals surface area (Å²) in [6, 6.07) is 10.8. The number of nitrogens with zero attached hydrogens (tertiary/aromatic N) is 2. The lowest BCUT2D eigenvalue weighted by Gasteiger charge is -2.16.